The number of nitrogens with zero attached hydrogens (tertiary/aromatic N) is 2. The topological polar surface area (TPSA) is 29.9 Å². The Morgan fingerprint density at radius 1 is 1.25 bits per heavy atom. The first-order chi connectivity index (χ1) is 9.83. The number of nitrogens with one attached hydrogen (secondary N) is 1. The van der Waals surface area contributed by atoms with Crippen molar-refractivity contribution < 1.29 is 0 Å². The van der Waals surface area contributed by atoms with E-state index >= 15 is 0 Å². The molecule has 108 valence electrons. The second-order valence-corrected chi connectivity index (χ2v) is 6.03. The van der Waals surface area contributed by atoms with Gasteiger partial charge in [-0.2, -0.15) is 0 Å². The average molecular weight is 271 g/mol. The Morgan fingerprint density at radius 3 is 2.75 bits per heavy atom. The Balaban J connectivity index is 1.85. The number of rotatable bonds is 6. The van der Waals surface area contributed by atoms with Gasteiger partial charge in [0.15, 0.2) is 0 Å². The number of aryl methyl sites for hydroxylation is 1. The number of hydrogen-bond donors (Lipinski definition) is 1. The van der Waals surface area contributed by atoms with Crippen LogP contribution in [0.15, 0.2) is 24.3 Å². The van der Waals surface area contributed by atoms with Crippen LogP contribution in [-0.4, -0.2) is 23.1 Å². The van der Waals surface area contributed by atoms with E-state index in [1.54, 1.807) is 0 Å². The van der Waals surface area contributed by atoms with Gasteiger partial charge in [0, 0.05) is 13.0 Å². The third kappa shape index (κ3) is 2.47. The highest BCUT2D eigenvalue weighted by Gasteiger charge is 2.31. The fourth-order valence-corrected chi connectivity index (χ4v) is 3.43. The van der Waals surface area contributed by atoms with Gasteiger partial charge in [-0.25, -0.2) is 4.98 Å². The van der Waals surface area contributed by atoms with Gasteiger partial charge < -0.3 is 9.88 Å². The molecule has 0 amide bonds. The van der Waals surface area contributed by atoms with Crippen molar-refractivity contribution in [1.82, 2.24) is 14.9 Å². The number of fused-ring (bicyclic) bond motifs is 1. The van der Waals surface area contributed by atoms with E-state index in [1.807, 2.05) is 0 Å². The normalized spacial score (nSPS) is 22.1. The molecule has 2 unspecified atom stereocenters. The summed E-state index contributed by atoms with van der Waals surface area (Å²) in [5.41, 5.74) is 2.45. The lowest BCUT2D eigenvalue weighted by molar-refractivity contribution is 0.170. The van der Waals surface area contributed by atoms with Gasteiger partial charge in [0.1, 0.15) is 5.82 Å². The molecule has 0 aliphatic heterocycles. The molecular weight excluding hydrogens is 246 g/mol. The van der Waals surface area contributed by atoms with E-state index in [0.29, 0.717) is 0 Å². The van der Waals surface area contributed by atoms with Crippen LogP contribution in [0.3, 0.4) is 0 Å². The molecule has 1 aliphatic rings. The molecular formula is C17H25N3. The lowest BCUT2D eigenvalue weighted by Gasteiger charge is -2.36. The van der Waals surface area contributed by atoms with Crippen molar-refractivity contribution in [3.63, 3.8) is 0 Å². The minimum absolute atomic E-state index is 0.815. The van der Waals surface area contributed by atoms with Crippen molar-refractivity contribution in [2.24, 2.45) is 11.8 Å². The van der Waals surface area contributed by atoms with E-state index in [1.165, 1.54) is 24.2 Å². The Morgan fingerprint density at radius 2 is 2.05 bits per heavy atom. The van der Waals surface area contributed by atoms with Crippen LogP contribution in [0.2, 0.25) is 0 Å². The predicted octanol–water partition coefficient (Wildman–Crippen LogP) is 3.23. The van der Waals surface area contributed by atoms with Gasteiger partial charge in [-0.3, -0.25) is 0 Å². The monoisotopic (exact) mass is 271 g/mol. The largest absolute Gasteiger partial charge is 0.328 e. The van der Waals surface area contributed by atoms with Gasteiger partial charge in [-0.15, -0.1) is 0 Å². The summed E-state index contributed by atoms with van der Waals surface area (Å²) < 4.78 is 2.43. The molecule has 2 atom stereocenters. The quantitative estimate of drug-likeness (QED) is 0.874. The van der Waals surface area contributed by atoms with Gasteiger partial charge in [0.2, 0.25) is 0 Å². The van der Waals surface area contributed by atoms with Crippen LogP contribution in [0.25, 0.3) is 11.0 Å². The predicted molar refractivity (Wildman–Crippen MR) is 83.9 cm³/mol. The van der Waals surface area contributed by atoms with Crippen LogP contribution in [0, 0.1) is 11.8 Å². The molecule has 1 saturated carbocycles. The highest BCUT2D eigenvalue weighted by atomic mass is 15.1. The number of imidazole rings is 1. The first-order valence-electron chi connectivity index (χ1n) is 7.92. The Hall–Kier alpha value is -1.35. The molecule has 3 nitrogen and oxygen atoms in total. The minimum Gasteiger partial charge on any atom is -0.328 e. The molecule has 1 heterocycles. The molecule has 1 aromatic carbocycles. The number of aromatic nitrogens is 2. The summed E-state index contributed by atoms with van der Waals surface area (Å²) >= 11 is 0. The summed E-state index contributed by atoms with van der Waals surface area (Å²) in [7, 11) is 2.06. The maximum absolute atomic E-state index is 4.89. The molecule has 3 heteroatoms. The zero-order chi connectivity index (χ0) is 13.9. The van der Waals surface area contributed by atoms with Gasteiger partial charge in [0.25, 0.3) is 0 Å². The third-order valence-electron chi connectivity index (χ3n) is 4.67. The number of benzene rings is 1. The smallest absolute Gasteiger partial charge is 0.110 e. The van der Waals surface area contributed by atoms with Gasteiger partial charge >= 0.3 is 0 Å². The standard InChI is InChI=1S/C17H25N3/c1-3-10-20-16-7-5-4-6-15(16)19-17(20)11-13-8-9-14(13)12-18-2/h4-7,13-14,18H,3,8-12H2,1-2H3. The number of hydrogen-bond acceptors (Lipinski definition) is 2. The summed E-state index contributed by atoms with van der Waals surface area (Å²) in [6, 6.07) is 8.54. The molecule has 1 N–H and O–H groups in total. The first kappa shape index (κ1) is 13.6. The summed E-state index contributed by atoms with van der Waals surface area (Å²) in [4.78, 5) is 4.89. The van der Waals surface area contributed by atoms with Crippen LogP contribution < -0.4 is 5.32 Å². The zero-order valence-electron chi connectivity index (χ0n) is 12.6. The van der Waals surface area contributed by atoms with Crippen molar-refractivity contribution in [2.75, 3.05) is 13.6 Å². The highest BCUT2D eigenvalue weighted by Crippen LogP contribution is 2.36. The second-order valence-electron chi connectivity index (χ2n) is 6.03. The molecule has 2 aromatic rings. The van der Waals surface area contributed by atoms with Gasteiger partial charge in [-0.05, 0) is 56.8 Å². The van der Waals surface area contributed by atoms with Crippen LogP contribution >= 0.6 is 0 Å². The minimum atomic E-state index is 0.815. The third-order valence-corrected chi connectivity index (χ3v) is 4.67. The average Bonchev–Trinajstić information content (AvgIpc) is 2.80. The van der Waals surface area contributed by atoms with E-state index in [4.69, 9.17) is 4.98 Å². The van der Waals surface area contributed by atoms with Crippen molar-refractivity contribution in [3.05, 3.63) is 30.1 Å². The molecule has 1 fully saturated rings. The SMILES string of the molecule is CCCn1c(CC2CCC2CNC)nc2ccccc21. The summed E-state index contributed by atoms with van der Waals surface area (Å²) in [6.45, 7) is 4.48. The molecule has 3 rings (SSSR count). The van der Waals surface area contributed by atoms with Crippen LogP contribution in [0.4, 0.5) is 0 Å². The van der Waals surface area contributed by atoms with Crippen LogP contribution in [-0.2, 0) is 13.0 Å². The maximum atomic E-state index is 4.89. The molecule has 1 aliphatic carbocycles. The van der Waals surface area contributed by atoms with Gasteiger partial charge in [0.05, 0.1) is 11.0 Å². The Bertz CT molecular complexity index is 573. The molecule has 0 radical (unpaired) electrons. The van der Waals surface area contributed by atoms with Crippen LogP contribution in [0.5, 0.6) is 0 Å². The van der Waals surface area contributed by atoms with E-state index in [-0.39, 0.29) is 0 Å². The van der Waals surface area contributed by atoms with Crippen molar-refractivity contribution in [3.8, 4) is 0 Å². The number of para-hydroxylation sites is 2. The fraction of sp³-hybridized carbons (Fsp3) is 0.588. The summed E-state index contributed by atoms with van der Waals surface area (Å²) in [5.74, 6) is 2.95. The zero-order valence-corrected chi connectivity index (χ0v) is 12.6. The van der Waals surface area contributed by atoms with Gasteiger partial charge in [-0.1, -0.05) is 19.1 Å². The Kier molecular flexibility index (Phi) is 4.06. The summed E-state index contributed by atoms with van der Waals surface area (Å²) in [5, 5.41) is 3.32. The van der Waals surface area contributed by atoms with E-state index < -0.39 is 0 Å². The van der Waals surface area contributed by atoms with Crippen molar-refractivity contribution in [2.45, 2.75) is 39.2 Å². The molecule has 0 spiro atoms. The molecule has 20 heavy (non-hydrogen) atoms. The lowest BCUT2D eigenvalue weighted by atomic mass is 9.72. The Labute approximate surface area is 121 Å². The lowest BCUT2D eigenvalue weighted by Crippen LogP contribution is -2.35. The maximum Gasteiger partial charge on any atom is 0.110 e. The van der Waals surface area contributed by atoms with E-state index in [0.717, 1.165) is 43.3 Å². The second kappa shape index (κ2) is 5.96. The van der Waals surface area contributed by atoms with E-state index in [2.05, 4.69) is 48.1 Å². The highest BCUT2D eigenvalue weighted by molar-refractivity contribution is 5.75. The summed E-state index contributed by atoms with van der Waals surface area (Å²) in [6.07, 6.45) is 5.04. The molecule has 1 aromatic heterocycles. The van der Waals surface area contributed by atoms with Crippen LogP contribution in [0.1, 0.15) is 32.0 Å². The van der Waals surface area contributed by atoms with Crippen molar-refractivity contribution >= 4 is 11.0 Å². The van der Waals surface area contributed by atoms with E-state index in [9.17, 15) is 0 Å². The fourth-order valence-electron chi connectivity index (χ4n) is 3.43. The molecule has 0 bridgehead atoms. The first-order valence-corrected chi connectivity index (χ1v) is 7.92. The van der Waals surface area contributed by atoms with Crippen molar-refractivity contribution in [1.29, 1.82) is 0 Å². The molecule has 0 saturated heterocycles.